The summed E-state index contributed by atoms with van der Waals surface area (Å²) >= 11 is 0. The smallest absolute Gasteiger partial charge is 0.392 e. The van der Waals surface area contributed by atoms with Gasteiger partial charge < -0.3 is 4.74 Å². The molecule has 5 heterocycles. The maximum absolute atomic E-state index is 9.36. The topological polar surface area (TPSA) is 21.9 Å². The van der Waals surface area contributed by atoms with E-state index in [4.69, 9.17) is 7.48 Å². The van der Waals surface area contributed by atoms with Gasteiger partial charge in [0, 0.05) is 24.6 Å². The Balaban J connectivity index is 1.25. The minimum Gasteiger partial charge on any atom is -0.392 e. The molecular formula is C60H61N3O+2. The summed E-state index contributed by atoms with van der Waals surface area (Å²) in [7, 11) is 0. The number of rotatable bonds is 5. The summed E-state index contributed by atoms with van der Waals surface area (Å²) in [4.78, 5) is 0. The van der Waals surface area contributed by atoms with Crippen LogP contribution in [0.5, 0.6) is 5.75 Å². The molecule has 8 aromatic rings. The molecule has 0 fully saturated rings. The van der Waals surface area contributed by atoms with Gasteiger partial charge in [0.2, 0.25) is 5.69 Å². The van der Waals surface area contributed by atoms with Crippen molar-refractivity contribution in [3.05, 3.63) is 166 Å². The van der Waals surface area contributed by atoms with Crippen LogP contribution in [-0.4, -0.2) is 4.57 Å². The fraction of sp³-hybridized carbons (Fsp3) is 0.300. The van der Waals surface area contributed by atoms with Crippen molar-refractivity contribution in [2.24, 2.45) is 0 Å². The molecule has 3 aliphatic heterocycles. The van der Waals surface area contributed by atoms with Gasteiger partial charge in [-0.2, -0.15) is 4.57 Å². The van der Waals surface area contributed by atoms with E-state index in [1.807, 2.05) is 46.9 Å². The van der Waals surface area contributed by atoms with Gasteiger partial charge in [-0.25, -0.2) is 0 Å². The Hall–Kier alpha value is -6.26. The number of nitrogens with zero attached hydrogens (tertiary/aromatic N) is 3. The third-order valence-corrected chi connectivity index (χ3v) is 13.9. The Labute approximate surface area is 386 Å². The van der Waals surface area contributed by atoms with Crippen LogP contribution in [-0.2, 0) is 16.7 Å². The van der Waals surface area contributed by atoms with Crippen molar-refractivity contribution in [3.63, 3.8) is 0 Å². The van der Waals surface area contributed by atoms with Gasteiger partial charge in [-0.15, -0.1) is 9.13 Å². The first kappa shape index (κ1) is 35.1. The number of fused-ring (bicyclic) bond motifs is 5. The number of para-hydroxylation sites is 1. The van der Waals surface area contributed by atoms with Crippen molar-refractivity contribution < 1.29 is 20.7 Å². The lowest BCUT2D eigenvalue weighted by atomic mass is 9.80. The zero-order valence-electron chi connectivity index (χ0n) is 44.6. The first-order valence-electron chi connectivity index (χ1n) is 25.4. The Bertz CT molecular complexity index is 3570. The van der Waals surface area contributed by atoms with E-state index in [-0.39, 0.29) is 41.1 Å². The molecule has 64 heavy (non-hydrogen) atoms. The molecule has 0 aliphatic carbocycles. The minimum atomic E-state index is -1.22. The maximum atomic E-state index is 9.36. The summed E-state index contributed by atoms with van der Waals surface area (Å²) < 4.78 is 61.1. The molecule has 1 spiro atoms. The highest BCUT2D eigenvalue weighted by Crippen LogP contribution is 2.55. The Morgan fingerprint density at radius 1 is 0.656 bits per heavy atom. The molecule has 1 atom stereocenters. The lowest BCUT2D eigenvalue weighted by Gasteiger charge is -2.33. The Morgan fingerprint density at radius 2 is 1.36 bits per heavy atom. The summed E-state index contributed by atoms with van der Waals surface area (Å²) in [6.07, 6.45) is 2.04. The zero-order valence-corrected chi connectivity index (χ0v) is 39.6. The van der Waals surface area contributed by atoms with Gasteiger partial charge in [0.1, 0.15) is 16.8 Å². The summed E-state index contributed by atoms with van der Waals surface area (Å²) in [5, 5.41) is 0. The van der Waals surface area contributed by atoms with Gasteiger partial charge in [0.15, 0.2) is 23.0 Å². The van der Waals surface area contributed by atoms with Crippen LogP contribution in [0.1, 0.15) is 132 Å². The molecule has 320 valence electrons. The van der Waals surface area contributed by atoms with Crippen LogP contribution in [0.15, 0.2) is 121 Å². The number of pyridine rings is 1. The average molecular weight is 845 g/mol. The van der Waals surface area contributed by atoms with Crippen molar-refractivity contribution >= 4 is 11.0 Å². The standard InChI is InChI=1S/C60H61N3O/c1-34(2)44-16-14-17-45(35(3)4)53(44)41-22-25-50(37(6)30-41)62-51-19-15-18-46-47-32-43(59(11,12)13)33-48-52-31-40(39-20-23-42(24-21-39)58(8,9)10)26-27-61(52)60(54(47)48)63(55(46)51)57(62)49-29-36(5)28-38(7)56(49)64-60/h14-35H,1-13H3/q+2/i20D,21D,23D,24D,34D. The van der Waals surface area contributed by atoms with Gasteiger partial charge >= 0.3 is 11.7 Å². The minimum absolute atomic E-state index is 0.00997. The molecule has 0 saturated heterocycles. The lowest BCUT2D eigenvalue weighted by Crippen LogP contribution is -2.78. The number of benzene rings is 6. The quantitative estimate of drug-likeness (QED) is 0.158. The Morgan fingerprint density at radius 3 is 2.05 bits per heavy atom. The first-order valence-corrected chi connectivity index (χ1v) is 22.9. The molecule has 11 rings (SSSR count). The molecule has 0 amide bonds. The molecule has 6 aromatic carbocycles. The predicted octanol–water partition coefficient (Wildman–Crippen LogP) is 14.5. The highest BCUT2D eigenvalue weighted by molar-refractivity contribution is 5.98. The van der Waals surface area contributed by atoms with Crippen molar-refractivity contribution in [1.29, 1.82) is 0 Å². The SMILES string of the molecule is [2H]c1c([2H])c(C(C)(C)C)c([2H])c([2H])c1-c1cc[n+]2c(c1)-c1cc(C(C)(C)C)cc3c1C21Oc2c(C)cc(C)cc2-c2n(-c4ccc(-c5c(C(C)C)cccc5C([2H])(C)C)cc4C)c4cccc-3c4[n+]21. The average Bonchev–Trinajstić information content (AvgIpc) is 3.76. The van der Waals surface area contributed by atoms with E-state index in [1.165, 1.54) is 11.1 Å². The van der Waals surface area contributed by atoms with E-state index in [0.717, 1.165) is 95.2 Å². The van der Waals surface area contributed by atoms with E-state index in [9.17, 15) is 4.11 Å². The maximum Gasteiger partial charge on any atom is 0.499 e. The summed E-state index contributed by atoms with van der Waals surface area (Å²) in [5.41, 5.74) is 18.6. The predicted molar refractivity (Wildman–Crippen MR) is 264 cm³/mol. The van der Waals surface area contributed by atoms with Crippen LogP contribution in [0.25, 0.3) is 72.7 Å². The summed E-state index contributed by atoms with van der Waals surface area (Å²) in [6, 6.07) is 32.9. The van der Waals surface area contributed by atoms with Crippen molar-refractivity contribution in [1.82, 2.24) is 4.57 Å². The molecule has 4 nitrogen and oxygen atoms in total. The first-order chi connectivity index (χ1) is 32.4. The number of ether oxygens (including phenoxy) is 1. The van der Waals surface area contributed by atoms with Crippen LogP contribution in [0.2, 0.25) is 0 Å². The molecular weight excluding hydrogens is 779 g/mol. The van der Waals surface area contributed by atoms with Crippen molar-refractivity contribution in [2.75, 3.05) is 0 Å². The van der Waals surface area contributed by atoms with Crippen LogP contribution in [0, 0.1) is 20.8 Å². The molecule has 1 unspecified atom stereocenters. The molecule has 4 heteroatoms. The van der Waals surface area contributed by atoms with Gasteiger partial charge in [0.05, 0.1) is 11.0 Å². The van der Waals surface area contributed by atoms with Gasteiger partial charge in [-0.1, -0.05) is 130 Å². The van der Waals surface area contributed by atoms with E-state index in [0.29, 0.717) is 11.1 Å². The Kier molecular flexibility index (Phi) is 7.48. The largest absolute Gasteiger partial charge is 0.499 e. The van der Waals surface area contributed by atoms with Crippen LogP contribution >= 0.6 is 0 Å². The number of imidazole rings is 1. The highest BCUT2D eigenvalue weighted by Gasteiger charge is 2.68. The molecule has 0 N–H and O–H groups in total. The van der Waals surface area contributed by atoms with Gasteiger partial charge in [-0.3, -0.25) is 0 Å². The van der Waals surface area contributed by atoms with E-state index >= 15 is 0 Å². The third kappa shape index (κ3) is 5.60. The van der Waals surface area contributed by atoms with E-state index in [2.05, 4.69) is 154 Å². The second-order valence-electron chi connectivity index (χ2n) is 21.1. The normalized spacial score (nSPS) is 17.0. The van der Waals surface area contributed by atoms with E-state index in [1.54, 1.807) is 0 Å². The van der Waals surface area contributed by atoms with Gasteiger partial charge in [-0.05, 0) is 147 Å². The summed E-state index contributed by atoms with van der Waals surface area (Å²) in [5.74, 6) is 0.0468. The fourth-order valence-electron chi connectivity index (χ4n) is 10.8. The number of hydrogen-bond donors (Lipinski definition) is 0. The highest BCUT2D eigenvalue weighted by atomic mass is 16.5. The second kappa shape index (κ2) is 13.6. The van der Waals surface area contributed by atoms with Crippen LogP contribution in [0.4, 0.5) is 0 Å². The fourth-order valence-corrected chi connectivity index (χ4v) is 10.8. The molecule has 0 radical (unpaired) electrons. The van der Waals surface area contributed by atoms with Crippen molar-refractivity contribution in [3.8, 4) is 67.5 Å². The monoisotopic (exact) mass is 845 g/mol. The van der Waals surface area contributed by atoms with Crippen LogP contribution in [0.3, 0.4) is 0 Å². The number of hydrogen-bond acceptors (Lipinski definition) is 1. The molecule has 2 aromatic heterocycles. The van der Waals surface area contributed by atoms with Crippen LogP contribution < -0.4 is 13.9 Å². The summed E-state index contributed by atoms with van der Waals surface area (Å²) in [6.45, 7) is 27.4. The lowest BCUT2D eigenvalue weighted by molar-refractivity contribution is -0.997. The van der Waals surface area contributed by atoms with E-state index < -0.39 is 17.2 Å². The zero-order chi connectivity index (χ0) is 49.3. The van der Waals surface area contributed by atoms with Crippen molar-refractivity contribution in [2.45, 2.75) is 118 Å². The number of aromatic nitrogens is 3. The second-order valence-corrected chi connectivity index (χ2v) is 21.1. The molecule has 0 bridgehead atoms. The molecule has 0 saturated carbocycles. The third-order valence-electron chi connectivity index (χ3n) is 13.9. The molecule has 3 aliphatic rings. The van der Waals surface area contributed by atoms with Gasteiger partial charge in [0.25, 0.3) is 0 Å². The number of aryl methyl sites for hydroxylation is 3.